The highest BCUT2D eigenvalue weighted by molar-refractivity contribution is 7.89. The average Bonchev–Trinajstić information content (AvgIpc) is 2.72. The number of nitrogens with two attached hydrogens (primary N) is 1. The second kappa shape index (κ2) is 6.65. The molecule has 0 spiro atoms. The summed E-state index contributed by atoms with van der Waals surface area (Å²) in [4.78, 5) is 14.6. The maximum atomic E-state index is 12.8. The second-order valence-corrected chi connectivity index (χ2v) is 8.47. The zero-order valence-electron chi connectivity index (χ0n) is 14.4. The molecule has 1 aromatic rings. The van der Waals surface area contributed by atoms with Crippen LogP contribution < -0.4 is 5.14 Å². The van der Waals surface area contributed by atoms with Gasteiger partial charge in [0, 0.05) is 30.5 Å². The number of hydrogen-bond donors (Lipinski definition) is 1. The number of rotatable bonds is 4. The monoisotopic (exact) mass is 341 g/mol. The molecular weight excluding hydrogens is 314 g/mol. The summed E-state index contributed by atoms with van der Waals surface area (Å²) in [5.41, 5.74) is 2.83. The number of carbonyl (C=O) groups excluding carboxylic acids is 1. The van der Waals surface area contributed by atoms with Crippen molar-refractivity contribution in [3.8, 4) is 0 Å². The average molecular weight is 341 g/mol. The maximum Gasteiger partial charge on any atom is 0.255 e. The van der Waals surface area contributed by atoms with E-state index in [1.807, 2.05) is 24.8 Å². The number of sulfonamides is 1. The Morgan fingerprint density at radius 3 is 2.30 bits per heavy atom. The number of nitrogens with zero attached hydrogens (tertiary/aromatic N) is 2. The van der Waals surface area contributed by atoms with Gasteiger partial charge in [-0.15, -0.1) is 0 Å². The quantitative estimate of drug-likeness (QED) is 0.906. The van der Waals surface area contributed by atoms with Crippen molar-refractivity contribution in [1.82, 2.24) is 9.47 Å². The van der Waals surface area contributed by atoms with Crippen molar-refractivity contribution in [2.24, 2.45) is 11.1 Å². The van der Waals surface area contributed by atoms with Gasteiger partial charge in [-0.3, -0.25) is 4.79 Å². The lowest BCUT2D eigenvalue weighted by molar-refractivity contribution is 0.0697. The smallest absolute Gasteiger partial charge is 0.255 e. The molecule has 1 amide bonds. The first-order chi connectivity index (χ1) is 10.6. The molecule has 2 rings (SSSR count). The standard InChI is InChI=1S/C16H27N3O3S/c1-11(2)19-12(3)9-15(13(19)4)16(20)18-7-5-14(6-8-18)10-23(17,21)22/h9,11,14H,5-8,10H2,1-4H3,(H2,17,21,22). The zero-order valence-corrected chi connectivity index (χ0v) is 15.2. The fourth-order valence-corrected chi connectivity index (χ4v) is 4.58. The van der Waals surface area contributed by atoms with Crippen LogP contribution in [0.3, 0.4) is 0 Å². The summed E-state index contributed by atoms with van der Waals surface area (Å²) in [5.74, 6) is 0.105. The van der Waals surface area contributed by atoms with Crippen LogP contribution in [0, 0.1) is 19.8 Å². The molecule has 0 aliphatic carbocycles. The minimum absolute atomic E-state index is 0.0108. The van der Waals surface area contributed by atoms with E-state index in [1.54, 1.807) is 0 Å². The van der Waals surface area contributed by atoms with Gasteiger partial charge >= 0.3 is 0 Å². The largest absolute Gasteiger partial charge is 0.346 e. The lowest BCUT2D eigenvalue weighted by Crippen LogP contribution is -2.40. The van der Waals surface area contributed by atoms with Crippen molar-refractivity contribution in [2.75, 3.05) is 18.8 Å². The highest BCUT2D eigenvalue weighted by Gasteiger charge is 2.28. The highest BCUT2D eigenvalue weighted by Crippen LogP contribution is 2.24. The number of likely N-dealkylation sites (tertiary alicyclic amines) is 1. The number of aromatic nitrogens is 1. The fourth-order valence-electron chi connectivity index (χ4n) is 3.59. The van der Waals surface area contributed by atoms with Gasteiger partial charge in [0.1, 0.15) is 0 Å². The van der Waals surface area contributed by atoms with Crippen molar-refractivity contribution in [3.63, 3.8) is 0 Å². The van der Waals surface area contributed by atoms with Crippen molar-refractivity contribution in [1.29, 1.82) is 0 Å². The molecule has 0 radical (unpaired) electrons. The Balaban J connectivity index is 2.07. The Kier molecular flexibility index (Phi) is 5.20. The number of carbonyl (C=O) groups is 1. The lowest BCUT2D eigenvalue weighted by atomic mass is 9.98. The predicted molar refractivity (Wildman–Crippen MR) is 90.9 cm³/mol. The highest BCUT2D eigenvalue weighted by atomic mass is 32.2. The molecule has 130 valence electrons. The molecule has 1 aliphatic rings. The van der Waals surface area contributed by atoms with Crippen LogP contribution in [0.4, 0.5) is 0 Å². The number of primary sulfonamides is 1. The van der Waals surface area contributed by atoms with Crippen LogP contribution in [0.5, 0.6) is 0 Å². The van der Waals surface area contributed by atoms with Crippen molar-refractivity contribution in [3.05, 3.63) is 23.0 Å². The second-order valence-electron chi connectivity index (χ2n) is 6.81. The van der Waals surface area contributed by atoms with Gasteiger partial charge in [-0.1, -0.05) is 0 Å². The Hall–Kier alpha value is -1.34. The molecule has 0 atom stereocenters. The van der Waals surface area contributed by atoms with Crippen LogP contribution in [-0.2, 0) is 10.0 Å². The normalized spacial score (nSPS) is 17.0. The summed E-state index contributed by atoms with van der Waals surface area (Å²) in [6.45, 7) is 9.38. The summed E-state index contributed by atoms with van der Waals surface area (Å²) in [5, 5.41) is 5.11. The van der Waals surface area contributed by atoms with Crippen LogP contribution in [0.15, 0.2) is 6.07 Å². The Morgan fingerprint density at radius 2 is 1.87 bits per heavy atom. The Morgan fingerprint density at radius 1 is 1.30 bits per heavy atom. The van der Waals surface area contributed by atoms with Gasteiger partial charge in [0.15, 0.2) is 0 Å². The zero-order chi connectivity index (χ0) is 17.4. The molecule has 6 nitrogen and oxygen atoms in total. The van der Waals surface area contributed by atoms with E-state index in [0.717, 1.165) is 17.0 Å². The van der Waals surface area contributed by atoms with Crippen molar-refractivity contribution in [2.45, 2.75) is 46.6 Å². The topological polar surface area (TPSA) is 85.4 Å². The van der Waals surface area contributed by atoms with Crippen LogP contribution in [0.1, 0.15) is 54.5 Å². The molecule has 0 aromatic carbocycles. The van der Waals surface area contributed by atoms with E-state index in [-0.39, 0.29) is 17.6 Å². The van der Waals surface area contributed by atoms with E-state index in [1.165, 1.54) is 0 Å². The minimum Gasteiger partial charge on any atom is -0.346 e. The molecule has 0 saturated carbocycles. The minimum atomic E-state index is -3.44. The Labute approximate surface area is 138 Å². The van der Waals surface area contributed by atoms with Gasteiger partial charge in [0.05, 0.1) is 11.3 Å². The van der Waals surface area contributed by atoms with Gasteiger partial charge in [0.25, 0.3) is 5.91 Å². The molecule has 23 heavy (non-hydrogen) atoms. The third kappa shape index (κ3) is 4.14. The summed E-state index contributed by atoms with van der Waals surface area (Å²) in [6.07, 6.45) is 1.37. The summed E-state index contributed by atoms with van der Waals surface area (Å²) >= 11 is 0. The lowest BCUT2D eigenvalue weighted by Gasteiger charge is -2.31. The molecule has 2 N–H and O–H groups in total. The van der Waals surface area contributed by atoms with Gasteiger partial charge < -0.3 is 9.47 Å². The molecule has 1 aromatic heterocycles. The molecule has 2 heterocycles. The molecule has 1 saturated heterocycles. The number of piperidine rings is 1. The first-order valence-corrected chi connectivity index (χ1v) is 9.80. The van der Waals surface area contributed by atoms with Crippen LogP contribution in [-0.4, -0.2) is 42.6 Å². The first kappa shape index (κ1) is 18.0. The molecular formula is C16H27N3O3S. The van der Waals surface area contributed by atoms with Crippen molar-refractivity contribution >= 4 is 15.9 Å². The molecule has 0 bridgehead atoms. The van der Waals surface area contributed by atoms with Crippen LogP contribution in [0.2, 0.25) is 0 Å². The van der Waals surface area contributed by atoms with Crippen molar-refractivity contribution < 1.29 is 13.2 Å². The number of aryl methyl sites for hydroxylation is 1. The van der Waals surface area contributed by atoms with E-state index < -0.39 is 10.0 Å². The Bertz CT molecular complexity index is 684. The molecule has 1 fully saturated rings. The SMILES string of the molecule is Cc1cc(C(=O)N2CCC(CS(N)(=O)=O)CC2)c(C)n1C(C)C. The predicted octanol–water partition coefficient (Wildman–Crippen LogP) is 1.83. The maximum absolute atomic E-state index is 12.8. The third-order valence-corrected chi connectivity index (χ3v) is 5.54. The summed E-state index contributed by atoms with van der Waals surface area (Å²) < 4.78 is 24.5. The van der Waals surface area contributed by atoms with E-state index >= 15 is 0 Å². The summed E-state index contributed by atoms with van der Waals surface area (Å²) in [6, 6.07) is 2.27. The molecule has 0 unspecified atom stereocenters. The fraction of sp³-hybridized carbons (Fsp3) is 0.688. The van der Waals surface area contributed by atoms with Crippen LogP contribution >= 0.6 is 0 Å². The van der Waals surface area contributed by atoms with E-state index in [4.69, 9.17) is 5.14 Å². The number of hydrogen-bond acceptors (Lipinski definition) is 3. The van der Waals surface area contributed by atoms with Gasteiger partial charge in [-0.2, -0.15) is 0 Å². The molecule has 7 heteroatoms. The van der Waals surface area contributed by atoms with E-state index in [2.05, 4.69) is 18.4 Å². The van der Waals surface area contributed by atoms with Gasteiger partial charge in [0.2, 0.25) is 10.0 Å². The van der Waals surface area contributed by atoms with Gasteiger partial charge in [-0.25, -0.2) is 13.6 Å². The van der Waals surface area contributed by atoms with Gasteiger partial charge in [-0.05, 0) is 52.5 Å². The number of amides is 1. The first-order valence-electron chi connectivity index (χ1n) is 8.08. The third-order valence-electron chi connectivity index (χ3n) is 4.60. The van der Waals surface area contributed by atoms with E-state index in [9.17, 15) is 13.2 Å². The molecule has 1 aliphatic heterocycles. The summed E-state index contributed by atoms with van der Waals surface area (Å²) in [7, 11) is -3.44. The van der Waals surface area contributed by atoms with Crippen LogP contribution in [0.25, 0.3) is 0 Å². The van der Waals surface area contributed by atoms with E-state index in [0.29, 0.717) is 32.0 Å².